The summed E-state index contributed by atoms with van der Waals surface area (Å²) >= 11 is 4.97. The molecule has 1 aliphatic carbocycles. The molecule has 2 rings (SSSR count). The molecule has 0 bridgehead atoms. The van der Waals surface area contributed by atoms with Crippen LogP contribution in [-0.4, -0.2) is 12.3 Å². The van der Waals surface area contributed by atoms with Gasteiger partial charge in [0, 0.05) is 32.8 Å². The minimum atomic E-state index is -0.274. The van der Waals surface area contributed by atoms with Gasteiger partial charge in [0.25, 0.3) is 0 Å². The van der Waals surface area contributed by atoms with Crippen molar-refractivity contribution in [2.45, 2.75) is 25.7 Å². The summed E-state index contributed by atoms with van der Waals surface area (Å²) in [6.45, 7) is 0.480. The summed E-state index contributed by atoms with van der Waals surface area (Å²) in [7, 11) is 0. The summed E-state index contributed by atoms with van der Waals surface area (Å²) in [4.78, 5) is 12.4. The Labute approximate surface area is 102 Å². The molecular formula is C11H14BrNOS. The quantitative estimate of drug-likeness (QED) is 0.868. The van der Waals surface area contributed by atoms with E-state index < -0.39 is 0 Å². The van der Waals surface area contributed by atoms with Gasteiger partial charge in [-0.1, -0.05) is 12.8 Å². The van der Waals surface area contributed by atoms with Crippen LogP contribution in [0.3, 0.4) is 0 Å². The van der Waals surface area contributed by atoms with Gasteiger partial charge in [0.2, 0.25) is 0 Å². The highest BCUT2D eigenvalue weighted by atomic mass is 79.9. The number of hydrogen-bond acceptors (Lipinski definition) is 3. The Morgan fingerprint density at radius 2 is 2.13 bits per heavy atom. The number of rotatable bonds is 3. The van der Waals surface area contributed by atoms with Crippen LogP contribution >= 0.6 is 27.3 Å². The zero-order valence-electron chi connectivity index (χ0n) is 8.46. The highest BCUT2D eigenvalue weighted by Crippen LogP contribution is 2.41. The van der Waals surface area contributed by atoms with Crippen molar-refractivity contribution in [3.8, 4) is 0 Å². The van der Waals surface area contributed by atoms with Gasteiger partial charge in [0.05, 0.1) is 0 Å². The van der Waals surface area contributed by atoms with Crippen LogP contribution in [0.5, 0.6) is 0 Å². The lowest BCUT2D eigenvalue weighted by atomic mass is 9.79. The monoisotopic (exact) mass is 287 g/mol. The lowest BCUT2D eigenvalue weighted by Gasteiger charge is -2.25. The third-order valence-corrected chi connectivity index (χ3v) is 5.00. The molecule has 1 fully saturated rings. The third-order valence-electron chi connectivity index (χ3n) is 3.29. The molecule has 0 spiro atoms. The average molecular weight is 288 g/mol. The lowest BCUT2D eigenvalue weighted by Crippen LogP contribution is -2.36. The van der Waals surface area contributed by atoms with Crippen LogP contribution in [0.15, 0.2) is 15.2 Å². The number of carbonyl (C=O) groups is 1. The first-order valence-corrected chi connectivity index (χ1v) is 6.90. The van der Waals surface area contributed by atoms with Gasteiger partial charge in [0.15, 0.2) is 5.78 Å². The van der Waals surface area contributed by atoms with Crippen LogP contribution in [0.25, 0.3) is 0 Å². The molecule has 1 aliphatic rings. The molecule has 1 aromatic heterocycles. The van der Waals surface area contributed by atoms with Crippen molar-refractivity contribution in [2.75, 3.05) is 6.54 Å². The second kappa shape index (κ2) is 4.36. The Bertz CT molecular complexity index is 368. The van der Waals surface area contributed by atoms with E-state index in [0.717, 1.165) is 35.7 Å². The molecule has 0 radical (unpaired) electrons. The van der Waals surface area contributed by atoms with Crippen molar-refractivity contribution < 1.29 is 4.79 Å². The van der Waals surface area contributed by atoms with Crippen LogP contribution in [0, 0.1) is 5.41 Å². The topological polar surface area (TPSA) is 43.1 Å². The van der Waals surface area contributed by atoms with Crippen molar-refractivity contribution in [2.24, 2.45) is 11.1 Å². The molecule has 1 heterocycles. The normalized spacial score (nSPS) is 19.3. The standard InChI is InChI=1S/C11H14BrNOS/c12-9-6-15-5-8(9)10(14)11(7-13)3-1-2-4-11/h5-6H,1-4,7,13H2. The van der Waals surface area contributed by atoms with Gasteiger partial charge in [-0.25, -0.2) is 0 Å². The van der Waals surface area contributed by atoms with Gasteiger partial charge < -0.3 is 5.73 Å². The fourth-order valence-electron chi connectivity index (χ4n) is 2.30. The van der Waals surface area contributed by atoms with E-state index in [4.69, 9.17) is 5.73 Å². The van der Waals surface area contributed by atoms with Gasteiger partial charge in [-0.3, -0.25) is 4.79 Å². The van der Waals surface area contributed by atoms with Crippen LogP contribution < -0.4 is 5.73 Å². The first-order chi connectivity index (χ1) is 7.19. The largest absolute Gasteiger partial charge is 0.329 e. The van der Waals surface area contributed by atoms with E-state index in [-0.39, 0.29) is 11.2 Å². The van der Waals surface area contributed by atoms with E-state index >= 15 is 0 Å². The number of Topliss-reactive ketones (excluding diaryl/α,β-unsaturated/α-hetero) is 1. The second-order valence-electron chi connectivity index (χ2n) is 4.15. The highest BCUT2D eigenvalue weighted by molar-refractivity contribution is 9.10. The summed E-state index contributed by atoms with van der Waals surface area (Å²) in [5.74, 6) is 0.232. The molecule has 0 amide bonds. The molecule has 1 aromatic rings. The Kier molecular flexibility index (Phi) is 3.28. The predicted molar refractivity (Wildman–Crippen MR) is 66.3 cm³/mol. The molecule has 2 nitrogen and oxygen atoms in total. The summed E-state index contributed by atoms with van der Waals surface area (Å²) in [5.41, 5.74) is 6.33. The molecule has 0 aliphatic heterocycles. The number of thiophene rings is 1. The summed E-state index contributed by atoms with van der Waals surface area (Å²) < 4.78 is 0.914. The fourth-order valence-corrected chi connectivity index (χ4v) is 3.76. The minimum Gasteiger partial charge on any atom is -0.329 e. The summed E-state index contributed by atoms with van der Waals surface area (Å²) in [6.07, 6.45) is 4.16. The van der Waals surface area contributed by atoms with E-state index in [2.05, 4.69) is 15.9 Å². The number of nitrogens with two attached hydrogens (primary N) is 1. The lowest BCUT2D eigenvalue weighted by molar-refractivity contribution is 0.0809. The molecule has 0 atom stereocenters. The van der Waals surface area contributed by atoms with Gasteiger partial charge in [0.1, 0.15) is 0 Å². The van der Waals surface area contributed by atoms with Crippen molar-refractivity contribution in [1.82, 2.24) is 0 Å². The molecule has 4 heteroatoms. The van der Waals surface area contributed by atoms with Crippen LogP contribution in [0.4, 0.5) is 0 Å². The minimum absolute atomic E-state index is 0.232. The van der Waals surface area contributed by atoms with E-state index in [9.17, 15) is 4.79 Å². The van der Waals surface area contributed by atoms with Crippen LogP contribution in [-0.2, 0) is 0 Å². The average Bonchev–Trinajstić information content (AvgIpc) is 2.86. The molecule has 0 saturated heterocycles. The zero-order chi connectivity index (χ0) is 10.9. The first kappa shape index (κ1) is 11.3. The van der Waals surface area contributed by atoms with Gasteiger partial charge >= 0.3 is 0 Å². The van der Waals surface area contributed by atoms with Crippen LogP contribution in [0.2, 0.25) is 0 Å². The Morgan fingerprint density at radius 3 is 2.60 bits per heavy atom. The first-order valence-electron chi connectivity index (χ1n) is 5.16. The Balaban J connectivity index is 2.30. The van der Waals surface area contributed by atoms with E-state index in [1.54, 1.807) is 11.3 Å². The van der Waals surface area contributed by atoms with Crippen molar-refractivity contribution >= 4 is 33.0 Å². The van der Waals surface area contributed by atoms with Gasteiger partial charge in [-0.15, -0.1) is 0 Å². The van der Waals surface area contributed by atoms with E-state index in [0.29, 0.717) is 6.54 Å². The smallest absolute Gasteiger partial charge is 0.172 e. The molecular weight excluding hydrogens is 274 g/mol. The Morgan fingerprint density at radius 1 is 1.47 bits per heavy atom. The van der Waals surface area contributed by atoms with E-state index in [1.165, 1.54) is 0 Å². The fraction of sp³-hybridized carbons (Fsp3) is 0.545. The summed E-state index contributed by atoms with van der Waals surface area (Å²) in [6, 6.07) is 0. The molecule has 1 saturated carbocycles. The summed E-state index contributed by atoms with van der Waals surface area (Å²) in [5, 5.41) is 3.87. The van der Waals surface area contributed by atoms with Crippen molar-refractivity contribution in [3.05, 3.63) is 20.8 Å². The number of hydrogen-bond donors (Lipinski definition) is 1. The third kappa shape index (κ3) is 1.90. The number of carbonyl (C=O) groups excluding carboxylic acids is 1. The van der Waals surface area contributed by atoms with E-state index in [1.807, 2.05) is 10.8 Å². The van der Waals surface area contributed by atoms with Crippen molar-refractivity contribution in [3.63, 3.8) is 0 Å². The predicted octanol–water partition coefficient (Wildman–Crippen LogP) is 3.21. The number of ketones is 1. The second-order valence-corrected chi connectivity index (χ2v) is 5.75. The Hall–Kier alpha value is -0.190. The molecule has 0 aromatic carbocycles. The maximum atomic E-state index is 12.4. The molecule has 0 unspecified atom stereocenters. The molecule has 15 heavy (non-hydrogen) atoms. The van der Waals surface area contributed by atoms with Gasteiger partial charge in [-0.2, -0.15) is 11.3 Å². The SMILES string of the molecule is NCC1(C(=O)c2cscc2Br)CCCC1. The maximum Gasteiger partial charge on any atom is 0.172 e. The molecule has 2 N–H and O–H groups in total. The van der Waals surface area contributed by atoms with Crippen molar-refractivity contribution in [1.29, 1.82) is 0 Å². The maximum absolute atomic E-state index is 12.4. The highest BCUT2D eigenvalue weighted by Gasteiger charge is 2.40. The zero-order valence-corrected chi connectivity index (χ0v) is 10.9. The van der Waals surface area contributed by atoms with Crippen LogP contribution in [0.1, 0.15) is 36.0 Å². The van der Waals surface area contributed by atoms with Gasteiger partial charge in [-0.05, 0) is 28.8 Å². The number of halogens is 1. The molecule has 82 valence electrons.